The van der Waals surface area contributed by atoms with Gasteiger partial charge in [0, 0.05) is 42.8 Å². The average molecular weight is 816 g/mol. The molecule has 3 heteroatoms. The Hall–Kier alpha value is -7.20. The molecule has 2 aromatic heterocycles. The number of hydrogen-bond acceptors (Lipinski definition) is 0. The molecule has 2 heterocycles. The van der Waals surface area contributed by atoms with E-state index in [1.54, 1.807) is 0 Å². The van der Waals surface area contributed by atoms with Gasteiger partial charge in [0.1, 0.15) is 0 Å². The monoisotopic (exact) mass is 814 g/mol. The molecule has 2 nitrogen and oxygen atoms in total. The number of aromatic nitrogens is 2. The maximum atomic E-state index is 3.76. The molecule has 0 fully saturated rings. The Morgan fingerprint density at radius 3 is 1.39 bits per heavy atom. The second-order valence-corrected chi connectivity index (χ2v) is 16.4. The highest BCUT2D eigenvalue weighted by Crippen LogP contribution is 2.44. The molecule has 12 aromatic rings. The molecule has 10 aromatic carbocycles. The Morgan fingerprint density at radius 2 is 0.746 bits per heavy atom. The van der Waals surface area contributed by atoms with Crippen LogP contribution in [-0.4, -0.2) is 9.13 Å². The summed E-state index contributed by atoms with van der Waals surface area (Å²) in [5.74, 6) is 0. The minimum Gasteiger partial charge on any atom is -0.309 e. The van der Waals surface area contributed by atoms with Crippen LogP contribution >= 0.6 is 15.9 Å². The second kappa shape index (κ2) is 13.4. The summed E-state index contributed by atoms with van der Waals surface area (Å²) < 4.78 is 5.91. The van der Waals surface area contributed by atoms with Gasteiger partial charge in [0.25, 0.3) is 0 Å². The highest BCUT2D eigenvalue weighted by Gasteiger charge is 2.20. The van der Waals surface area contributed by atoms with E-state index in [0.29, 0.717) is 0 Å². The molecule has 0 saturated heterocycles. The van der Waals surface area contributed by atoms with Crippen molar-refractivity contribution in [1.29, 1.82) is 0 Å². The number of hydrogen-bond donors (Lipinski definition) is 0. The smallest absolute Gasteiger partial charge is 0.0625 e. The third-order valence-corrected chi connectivity index (χ3v) is 12.6. The van der Waals surface area contributed by atoms with Gasteiger partial charge in [-0.05, 0) is 134 Å². The molecule has 0 aliphatic heterocycles. The van der Waals surface area contributed by atoms with E-state index in [9.17, 15) is 0 Å². The van der Waals surface area contributed by atoms with Gasteiger partial charge in [0.05, 0.1) is 22.1 Å². The van der Waals surface area contributed by atoms with E-state index in [2.05, 4.69) is 237 Å². The van der Waals surface area contributed by atoms with Gasteiger partial charge >= 0.3 is 0 Å². The molecule has 0 aliphatic rings. The predicted octanol–water partition coefficient (Wildman–Crippen LogP) is 16.0. The molecule has 0 saturated carbocycles. The fraction of sp³-hybridized carbons (Fsp3) is 0. The summed E-state index contributed by atoms with van der Waals surface area (Å²) in [6, 6.07) is 77.8. The topological polar surface area (TPSA) is 9.86 Å². The van der Waals surface area contributed by atoms with Gasteiger partial charge in [-0.1, -0.05) is 143 Å². The first-order valence-electron chi connectivity index (χ1n) is 20.1. The number of benzene rings is 10. The number of rotatable bonds is 5. The standard InChI is InChI=1S/C56H35BrN2/c57-42-15-13-14-36(33-42)39-30-40(37-26-28-53-50(34-37)47-22-11-12-25-52(47)58(53)43-16-3-1-4-17-43)32-41(31-39)38-27-29-54-51(35-38)55-48-23-9-7-20-45(48)46-21-8-10-24-49(46)56(55)59(54)44-18-5-2-6-19-44/h1-35H. The Morgan fingerprint density at radius 1 is 0.271 bits per heavy atom. The minimum absolute atomic E-state index is 1.06. The summed E-state index contributed by atoms with van der Waals surface area (Å²) in [5, 5.41) is 10.1. The van der Waals surface area contributed by atoms with Crippen LogP contribution in [0.3, 0.4) is 0 Å². The van der Waals surface area contributed by atoms with E-state index in [-0.39, 0.29) is 0 Å². The number of halogens is 1. The normalized spacial score (nSPS) is 11.8. The van der Waals surface area contributed by atoms with Gasteiger partial charge < -0.3 is 9.13 Å². The van der Waals surface area contributed by atoms with Gasteiger partial charge in [-0.25, -0.2) is 0 Å². The highest BCUT2D eigenvalue weighted by molar-refractivity contribution is 9.10. The fourth-order valence-electron chi connectivity index (χ4n) is 9.51. The summed E-state index contributed by atoms with van der Waals surface area (Å²) in [4.78, 5) is 0. The number of nitrogens with zero attached hydrogens (tertiary/aromatic N) is 2. The number of para-hydroxylation sites is 3. The van der Waals surface area contributed by atoms with E-state index >= 15 is 0 Å². The first kappa shape index (κ1) is 33.9. The van der Waals surface area contributed by atoms with E-state index in [1.165, 1.54) is 98.5 Å². The highest BCUT2D eigenvalue weighted by atomic mass is 79.9. The van der Waals surface area contributed by atoms with Crippen LogP contribution < -0.4 is 0 Å². The minimum atomic E-state index is 1.06. The third-order valence-electron chi connectivity index (χ3n) is 12.1. The molecule has 0 aliphatic carbocycles. The van der Waals surface area contributed by atoms with Crippen LogP contribution in [0.2, 0.25) is 0 Å². The summed E-state index contributed by atoms with van der Waals surface area (Å²) in [6.07, 6.45) is 0. The molecule has 0 N–H and O–H groups in total. The third kappa shape index (κ3) is 5.39. The predicted molar refractivity (Wildman–Crippen MR) is 254 cm³/mol. The Bertz CT molecular complexity index is 3610. The Kier molecular flexibility index (Phi) is 7.72. The molecule has 0 bridgehead atoms. The molecule has 0 amide bonds. The maximum Gasteiger partial charge on any atom is 0.0625 e. The molecule has 276 valence electrons. The van der Waals surface area contributed by atoms with Crippen molar-refractivity contribution >= 4 is 81.1 Å². The Balaban J connectivity index is 1.12. The molecular formula is C56H35BrN2. The Labute approximate surface area is 350 Å². The van der Waals surface area contributed by atoms with Crippen molar-refractivity contribution in [2.45, 2.75) is 0 Å². The van der Waals surface area contributed by atoms with E-state index in [0.717, 1.165) is 15.8 Å². The molecule has 0 unspecified atom stereocenters. The lowest BCUT2D eigenvalue weighted by Gasteiger charge is -2.13. The van der Waals surface area contributed by atoms with Crippen molar-refractivity contribution in [3.8, 4) is 44.8 Å². The van der Waals surface area contributed by atoms with Crippen LogP contribution in [0.1, 0.15) is 0 Å². The lowest BCUT2D eigenvalue weighted by Crippen LogP contribution is -1.94. The molecule has 0 atom stereocenters. The van der Waals surface area contributed by atoms with Crippen LogP contribution in [0.25, 0.3) is 110 Å². The SMILES string of the molecule is Brc1cccc(-c2cc(-c3ccc4c(c3)c3ccccc3n4-c3ccccc3)cc(-c3ccc4c(c3)c3c5ccccc5c5ccccc5c3n4-c3ccccc3)c2)c1. The quantitative estimate of drug-likeness (QED) is 0.153. The molecule has 12 rings (SSSR count). The van der Waals surface area contributed by atoms with Gasteiger partial charge in [-0.2, -0.15) is 0 Å². The first-order valence-corrected chi connectivity index (χ1v) is 20.9. The van der Waals surface area contributed by atoms with Crippen LogP contribution in [0, 0.1) is 0 Å². The van der Waals surface area contributed by atoms with Gasteiger partial charge in [-0.15, -0.1) is 0 Å². The van der Waals surface area contributed by atoms with Gasteiger partial charge in [-0.3, -0.25) is 0 Å². The van der Waals surface area contributed by atoms with Gasteiger partial charge in [0.2, 0.25) is 0 Å². The van der Waals surface area contributed by atoms with Crippen LogP contribution in [0.15, 0.2) is 217 Å². The summed E-state index contributed by atoms with van der Waals surface area (Å²) >= 11 is 3.76. The lowest BCUT2D eigenvalue weighted by atomic mass is 9.92. The van der Waals surface area contributed by atoms with E-state index in [4.69, 9.17) is 0 Å². The van der Waals surface area contributed by atoms with Crippen LogP contribution in [0.4, 0.5) is 0 Å². The second-order valence-electron chi connectivity index (χ2n) is 15.4. The molecule has 0 spiro atoms. The first-order chi connectivity index (χ1) is 29.2. The van der Waals surface area contributed by atoms with Crippen molar-refractivity contribution in [3.63, 3.8) is 0 Å². The van der Waals surface area contributed by atoms with E-state index in [1.807, 2.05) is 0 Å². The molecule has 59 heavy (non-hydrogen) atoms. The van der Waals surface area contributed by atoms with E-state index < -0.39 is 0 Å². The van der Waals surface area contributed by atoms with Crippen LogP contribution in [-0.2, 0) is 0 Å². The van der Waals surface area contributed by atoms with Crippen molar-refractivity contribution in [3.05, 3.63) is 217 Å². The van der Waals surface area contributed by atoms with Crippen molar-refractivity contribution in [2.24, 2.45) is 0 Å². The van der Waals surface area contributed by atoms with Crippen molar-refractivity contribution in [2.75, 3.05) is 0 Å². The summed E-state index contributed by atoms with van der Waals surface area (Å²) in [5.41, 5.74) is 14.2. The fourth-order valence-corrected chi connectivity index (χ4v) is 9.91. The largest absolute Gasteiger partial charge is 0.309 e. The van der Waals surface area contributed by atoms with Crippen molar-refractivity contribution < 1.29 is 0 Å². The number of fused-ring (bicyclic) bond motifs is 11. The zero-order valence-electron chi connectivity index (χ0n) is 32.0. The summed E-state index contributed by atoms with van der Waals surface area (Å²) in [7, 11) is 0. The van der Waals surface area contributed by atoms with Gasteiger partial charge in [0.15, 0.2) is 0 Å². The zero-order chi connectivity index (χ0) is 39.0. The average Bonchev–Trinajstić information content (AvgIpc) is 3.82. The molecule has 0 radical (unpaired) electrons. The van der Waals surface area contributed by atoms with Crippen molar-refractivity contribution in [1.82, 2.24) is 9.13 Å². The summed E-state index contributed by atoms with van der Waals surface area (Å²) in [6.45, 7) is 0. The van der Waals surface area contributed by atoms with Crippen LogP contribution in [0.5, 0.6) is 0 Å². The molecular weight excluding hydrogens is 781 g/mol. The maximum absolute atomic E-state index is 3.76. The lowest BCUT2D eigenvalue weighted by molar-refractivity contribution is 1.18. The zero-order valence-corrected chi connectivity index (χ0v) is 33.6.